The third-order valence-corrected chi connectivity index (χ3v) is 4.17. The number of nitrogens with two attached hydrogens (primary N) is 1. The van der Waals surface area contributed by atoms with Crippen LogP contribution in [0.3, 0.4) is 0 Å². The smallest absolute Gasteiger partial charge is 0.230 e. The van der Waals surface area contributed by atoms with Crippen molar-refractivity contribution in [3.63, 3.8) is 0 Å². The second-order valence-electron chi connectivity index (χ2n) is 5.66. The fourth-order valence-electron chi connectivity index (χ4n) is 2.88. The van der Waals surface area contributed by atoms with E-state index in [0.717, 1.165) is 17.7 Å². The highest BCUT2D eigenvalue weighted by Crippen LogP contribution is 2.32. The zero-order chi connectivity index (χ0) is 16.7. The molecule has 2 aromatic heterocycles. The van der Waals surface area contributed by atoms with Gasteiger partial charge in [0.05, 0.1) is 37.1 Å². The Labute approximate surface area is 138 Å². The molecule has 0 bridgehead atoms. The van der Waals surface area contributed by atoms with E-state index in [0.29, 0.717) is 41.3 Å². The second kappa shape index (κ2) is 5.65. The van der Waals surface area contributed by atoms with Crippen LogP contribution in [-0.2, 0) is 17.8 Å². The summed E-state index contributed by atoms with van der Waals surface area (Å²) < 4.78 is 16.3. The molecule has 6 nitrogen and oxygen atoms in total. The monoisotopic (exact) mass is 324 g/mol. The lowest BCUT2D eigenvalue weighted by Gasteiger charge is -2.14. The Kier molecular flexibility index (Phi) is 3.46. The van der Waals surface area contributed by atoms with Gasteiger partial charge in [0, 0.05) is 17.5 Å². The van der Waals surface area contributed by atoms with E-state index < -0.39 is 0 Å². The van der Waals surface area contributed by atoms with Crippen LogP contribution in [0.25, 0.3) is 11.1 Å². The van der Waals surface area contributed by atoms with Crippen molar-refractivity contribution < 1.29 is 18.7 Å². The van der Waals surface area contributed by atoms with Crippen LogP contribution < -0.4 is 10.5 Å². The molecule has 1 aliphatic rings. The maximum Gasteiger partial charge on any atom is 0.230 e. The first-order valence-electron chi connectivity index (χ1n) is 7.64. The number of nitrogens with zero attached hydrogens (tertiary/aromatic N) is 1. The fraction of sp³-hybridized carbons (Fsp3) is 0.222. The van der Waals surface area contributed by atoms with E-state index in [-0.39, 0.29) is 11.5 Å². The third-order valence-electron chi connectivity index (χ3n) is 4.17. The van der Waals surface area contributed by atoms with Crippen LogP contribution in [0.2, 0.25) is 0 Å². The van der Waals surface area contributed by atoms with Crippen molar-refractivity contribution in [2.24, 2.45) is 0 Å². The number of anilines is 1. The molecular formula is C18H16N2O4. The molecule has 24 heavy (non-hydrogen) atoms. The lowest BCUT2D eigenvalue weighted by atomic mass is 10.1. The Morgan fingerprint density at radius 3 is 3.04 bits per heavy atom. The third kappa shape index (κ3) is 2.32. The highest BCUT2D eigenvalue weighted by atomic mass is 16.5. The number of hydrogen-bond acceptors (Lipinski definition) is 6. The summed E-state index contributed by atoms with van der Waals surface area (Å²) in [6, 6.07) is 8.77. The molecule has 1 aliphatic heterocycles. The van der Waals surface area contributed by atoms with Gasteiger partial charge in [-0.1, -0.05) is 12.1 Å². The average Bonchev–Trinajstić information content (AvgIpc) is 2.95. The van der Waals surface area contributed by atoms with E-state index in [1.165, 1.54) is 0 Å². The fourth-order valence-corrected chi connectivity index (χ4v) is 2.88. The van der Waals surface area contributed by atoms with Crippen molar-refractivity contribution in [3.8, 4) is 5.75 Å². The number of ether oxygens (including phenoxy) is 2. The normalized spacial score (nSPS) is 13.7. The Hall–Kier alpha value is -2.86. The quantitative estimate of drug-likeness (QED) is 0.745. The number of rotatable bonds is 3. The number of hydrogen-bond donors (Lipinski definition) is 1. The van der Waals surface area contributed by atoms with E-state index in [9.17, 15) is 4.79 Å². The van der Waals surface area contributed by atoms with Gasteiger partial charge in [0.15, 0.2) is 0 Å². The largest absolute Gasteiger partial charge is 0.497 e. The summed E-state index contributed by atoms with van der Waals surface area (Å²) in [5.74, 6) is 0.411. The molecule has 0 radical (unpaired) electrons. The Morgan fingerprint density at radius 1 is 1.33 bits per heavy atom. The number of methoxy groups -OCH3 is 1. The molecule has 0 unspecified atom stereocenters. The predicted molar refractivity (Wildman–Crippen MR) is 88.2 cm³/mol. The van der Waals surface area contributed by atoms with Gasteiger partial charge in [-0.15, -0.1) is 0 Å². The van der Waals surface area contributed by atoms with E-state index >= 15 is 0 Å². The van der Waals surface area contributed by atoms with Crippen molar-refractivity contribution in [1.29, 1.82) is 0 Å². The molecule has 0 saturated heterocycles. The van der Waals surface area contributed by atoms with Crippen LogP contribution in [0.5, 0.6) is 5.75 Å². The topological polar surface area (TPSA) is 87.6 Å². The number of nitrogen functional groups attached to an aromatic ring is 1. The van der Waals surface area contributed by atoms with Crippen LogP contribution >= 0.6 is 0 Å². The molecule has 6 heteroatoms. The summed E-state index contributed by atoms with van der Waals surface area (Å²) in [6.07, 6.45) is 0.727. The first-order valence-corrected chi connectivity index (χ1v) is 7.64. The summed E-state index contributed by atoms with van der Waals surface area (Å²) in [5, 5.41) is 0.644. The molecule has 3 aromatic rings. The molecular weight excluding hydrogens is 308 g/mol. The van der Waals surface area contributed by atoms with Gasteiger partial charge in [0.25, 0.3) is 0 Å². The lowest BCUT2D eigenvalue weighted by molar-refractivity contribution is 0.101. The molecule has 2 N–H and O–H groups in total. The van der Waals surface area contributed by atoms with E-state index in [1.54, 1.807) is 31.4 Å². The highest BCUT2D eigenvalue weighted by molar-refractivity contribution is 6.14. The minimum absolute atomic E-state index is 0.106. The van der Waals surface area contributed by atoms with Crippen LogP contribution in [0.4, 0.5) is 5.69 Å². The van der Waals surface area contributed by atoms with Crippen molar-refractivity contribution in [3.05, 3.63) is 52.9 Å². The number of carbonyl (C=O) groups is 1. The van der Waals surface area contributed by atoms with Crippen LogP contribution in [0.15, 0.2) is 34.7 Å². The maximum absolute atomic E-state index is 12.7. The van der Waals surface area contributed by atoms with E-state index in [1.807, 2.05) is 6.07 Å². The van der Waals surface area contributed by atoms with Gasteiger partial charge in [0.1, 0.15) is 5.75 Å². The number of carbonyl (C=O) groups excluding carboxylic acids is 1. The first-order chi connectivity index (χ1) is 11.7. The van der Waals surface area contributed by atoms with Crippen molar-refractivity contribution >= 4 is 22.6 Å². The summed E-state index contributed by atoms with van der Waals surface area (Å²) in [4.78, 5) is 17.2. The van der Waals surface area contributed by atoms with Gasteiger partial charge in [-0.2, -0.15) is 0 Å². The average molecular weight is 324 g/mol. The van der Waals surface area contributed by atoms with Gasteiger partial charge in [-0.3, -0.25) is 4.79 Å². The number of fused-ring (bicyclic) bond motifs is 2. The Bertz CT molecular complexity index is 946. The number of furan rings is 1. The van der Waals surface area contributed by atoms with Crippen molar-refractivity contribution in [1.82, 2.24) is 4.98 Å². The van der Waals surface area contributed by atoms with Gasteiger partial charge < -0.3 is 19.6 Å². The molecule has 0 aliphatic carbocycles. The molecule has 0 amide bonds. The van der Waals surface area contributed by atoms with Crippen molar-refractivity contribution in [2.75, 3.05) is 19.5 Å². The maximum atomic E-state index is 12.7. The van der Waals surface area contributed by atoms with E-state index in [4.69, 9.17) is 19.6 Å². The number of benzene rings is 1. The molecule has 4 rings (SSSR count). The minimum atomic E-state index is -0.293. The van der Waals surface area contributed by atoms with Crippen LogP contribution in [-0.4, -0.2) is 24.5 Å². The van der Waals surface area contributed by atoms with Gasteiger partial charge in [0.2, 0.25) is 17.3 Å². The Morgan fingerprint density at radius 2 is 2.21 bits per heavy atom. The molecule has 0 saturated carbocycles. The molecule has 0 spiro atoms. The van der Waals surface area contributed by atoms with Crippen LogP contribution in [0, 0.1) is 0 Å². The minimum Gasteiger partial charge on any atom is -0.497 e. The van der Waals surface area contributed by atoms with E-state index in [2.05, 4.69) is 4.98 Å². The molecule has 0 atom stereocenters. The van der Waals surface area contributed by atoms with Gasteiger partial charge in [-0.05, 0) is 18.2 Å². The summed E-state index contributed by atoms with van der Waals surface area (Å²) in [6.45, 7) is 1.14. The summed E-state index contributed by atoms with van der Waals surface area (Å²) in [5.41, 5.74) is 9.22. The SMILES string of the molecule is COc1cccc(C(=O)c2oc3nc4c(cc3c2N)COCC4)c1. The second-order valence-corrected chi connectivity index (χ2v) is 5.66. The van der Waals surface area contributed by atoms with Gasteiger partial charge >= 0.3 is 0 Å². The van der Waals surface area contributed by atoms with Crippen LogP contribution in [0.1, 0.15) is 27.4 Å². The van der Waals surface area contributed by atoms with Gasteiger partial charge in [-0.25, -0.2) is 4.98 Å². The molecule has 0 fully saturated rings. The lowest BCUT2D eigenvalue weighted by Crippen LogP contribution is -2.11. The molecule has 3 heterocycles. The summed E-state index contributed by atoms with van der Waals surface area (Å²) >= 11 is 0. The Balaban J connectivity index is 1.81. The zero-order valence-corrected chi connectivity index (χ0v) is 13.2. The molecule has 1 aromatic carbocycles. The predicted octanol–water partition coefficient (Wildman–Crippen LogP) is 2.72. The number of ketones is 1. The number of aromatic nitrogens is 1. The summed E-state index contributed by atoms with van der Waals surface area (Å²) in [7, 11) is 1.55. The highest BCUT2D eigenvalue weighted by Gasteiger charge is 2.23. The zero-order valence-electron chi connectivity index (χ0n) is 13.2. The first kappa shape index (κ1) is 14.7. The standard InChI is InChI=1S/C18H16N2O4/c1-22-12-4-2-3-10(7-12)16(21)17-15(19)13-8-11-9-23-6-5-14(11)20-18(13)24-17/h2-4,7-8H,5-6,9,19H2,1H3. The number of pyridine rings is 1. The molecule has 122 valence electrons. The van der Waals surface area contributed by atoms with Crippen molar-refractivity contribution in [2.45, 2.75) is 13.0 Å².